The van der Waals surface area contributed by atoms with Gasteiger partial charge in [0.1, 0.15) is 5.82 Å². The summed E-state index contributed by atoms with van der Waals surface area (Å²) in [7, 11) is 0. The third kappa shape index (κ3) is 1.86. The lowest BCUT2D eigenvalue weighted by Gasteiger charge is -2.10. The fraction of sp³-hybridized carbons (Fsp3) is 0.231. The van der Waals surface area contributed by atoms with Crippen LogP contribution in [0.3, 0.4) is 0 Å². The van der Waals surface area contributed by atoms with Crippen LogP contribution in [-0.4, -0.2) is 16.1 Å². The maximum atomic E-state index is 13.1. The van der Waals surface area contributed by atoms with Crippen molar-refractivity contribution in [1.29, 1.82) is 0 Å². The topological polar surface area (TPSA) is 50.2 Å². The first kappa shape index (κ1) is 11.5. The van der Waals surface area contributed by atoms with E-state index in [2.05, 4.69) is 4.98 Å². The first-order valence-electron chi connectivity index (χ1n) is 5.36. The quantitative estimate of drug-likeness (QED) is 0.867. The van der Waals surface area contributed by atoms with Gasteiger partial charge in [0.25, 0.3) is 0 Å². The highest BCUT2D eigenvalue weighted by Gasteiger charge is 2.16. The van der Waals surface area contributed by atoms with Gasteiger partial charge in [-0.1, -0.05) is 6.92 Å². The van der Waals surface area contributed by atoms with Gasteiger partial charge < -0.3 is 5.11 Å². The number of nitrogens with zero attached hydrogens (tertiary/aromatic N) is 1. The van der Waals surface area contributed by atoms with Crippen LogP contribution in [0.25, 0.3) is 10.9 Å². The summed E-state index contributed by atoms with van der Waals surface area (Å²) in [6.45, 7) is 3.63. The molecule has 3 nitrogen and oxygen atoms in total. The minimum atomic E-state index is -1.00. The van der Waals surface area contributed by atoms with E-state index in [4.69, 9.17) is 0 Å². The molecule has 0 atom stereocenters. The third-order valence-electron chi connectivity index (χ3n) is 2.84. The monoisotopic (exact) mass is 233 g/mol. The normalized spacial score (nSPS) is 10.8. The molecule has 2 rings (SSSR count). The smallest absolute Gasteiger partial charge is 0.336 e. The van der Waals surface area contributed by atoms with Gasteiger partial charge in [-0.05, 0) is 31.0 Å². The maximum Gasteiger partial charge on any atom is 0.336 e. The molecule has 0 unspecified atom stereocenters. The Morgan fingerprint density at radius 3 is 2.76 bits per heavy atom. The van der Waals surface area contributed by atoms with E-state index in [1.165, 1.54) is 18.2 Å². The van der Waals surface area contributed by atoms with Crippen LogP contribution in [0, 0.1) is 12.7 Å². The first-order valence-corrected chi connectivity index (χ1v) is 5.36. The van der Waals surface area contributed by atoms with Crippen LogP contribution in [0.15, 0.2) is 18.2 Å². The molecule has 0 aliphatic rings. The molecule has 1 heterocycles. The molecule has 17 heavy (non-hydrogen) atoms. The molecule has 0 aliphatic carbocycles. The lowest BCUT2D eigenvalue weighted by atomic mass is 10.0. The van der Waals surface area contributed by atoms with Gasteiger partial charge in [-0.15, -0.1) is 0 Å². The minimum Gasteiger partial charge on any atom is -0.478 e. The Labute approximate surface area is 97.9 Å². The van der Waals surface area contributed by atoms with E-state index in [-0.39, 0.29) is 5.56 Å². The summed E-state index contributed by atoms with van der Waals surface area (Å²) in [4.78, 5) is 15.6. The standard InChI is InChI=1S/C13H12FNO2/c1-3-10-7(2)12(13(16)17)9-5-4-8(14)6-11(9)15-10/h4-6H,3H2,1-2H3,(H,16,17). The molecule has 1 N–H and O–H groups in total. The SMILES string of the molecule is CCc1nc2cc(F)ccc2c(C(=O)O)c1C. The lowest BCUT2D eigenvalue weighted by Crippen LogP contribution is -2.06. The Hall–Kier alpha value is -1.97. The van der Waals surface area contributed by atoms with Crippen LogP contribution in [-0.2, 0) is 6.42 Å². The highest BCUT2D eigenvalue weighted by atomic mass is 19.1. The largest absolute Gasteiger partial charge is 0.478 e. The van der Waals surface area contributed by atoms with Crippen molar-refractivity contribution in [1.82, 2.24) is 4.98 Å². The number of hydrogen-bond donors (Lipinski definition) is 1. The van der Waals surface area contributed by atoms with Gasteiger partial charge in [0.2, 0.25) is 0 Å². The number of pyridine rings is 1. The van der Waals surface area contributed by atoms with Crippen molar-refractivity contribution in [2.75, 3.05) is 0 Å². The van der Waals surface area contributed by atoms with Crippen LogP contribution < -0.4 is 0 Å². The van der Waals surface area contributed by atoms with E-state index in [9.17, 15) is 14.3 Å². The second-order valence-electron chi connectivity index (χ2n) is 3.88. The average Bonchev–Trinajstić information content (AvgIpc) is 2.28. The number of fused-ring (bicyclic) bond motifs is 1. The maximum absolute atomic E-state index is 13.1. The van der Waals surface area contributed by atoms with Crippen molar-refractivity contribution in [2.24, 2.45) is 0 Å². The average molecular weight is 233 g/mol. The molecule has 0 aliphatic heterocycles. The Morgan fingerprint density at radius 2 is 2.18 bits per heavy atom. The van der Waals surface area contributed by atoms with Crippen LogP contribution in [0.2, 0.25) is 0 Å². The van der Waals surface area contributed by atoms with E-state index in [1.807, 2.05) is 6.92 Å². The molecule has 0 fully saturated rings. The highest BCUT2D eigenvalue weighted by Crippen LogP contribution is 2.24. The molecule has 1 aromatic heterocycles. The van der Waals surface area contributed by atoms with E-state index >= 15 is 0 Å². The van der Waals surface area contributed by atoms with Gasteiger partial charge in [-0.3, -0.25) is 4.98 Å². The summed E-state index contributed by atoms with van der Waals surface area (Å²) in [6, 6.07) is 3.98. The molecule has 0 radical (unpaired) electrons. The van der Waals surface area contributed by atoms with Crippen LogP contribution in [0.4, 0.5) is 4.39 Å². The third-order valence-corrected chi connectivity index (χ3v) is 2.84. The van der Waals surface area contributed by atoms with Crippen molar-refractivity contribution in [2.45, 2.75) is 20.3 Å². The summed E-state index contributed by atoms with van der Waals surface area (Å²) in [5.74, 6) is -1.41. The Bertz CT molecular complexity index is 608. The van der Waals surface area contributed by atoms with Gasteiger partial charge in [0, 0.05) is 17.1 Å². The van der Waals surface area contributed by atoms with Crippen LogP contribution >= 0.6 is 0 Å². The molecular weight excluding hydrogens is 221 g/mol. The molecule has 0 amide bonds. The summed E-state index contributed by atoms with van der Waals surface area (Å²) < 4.78 is 13.1. The Balaban J connectivity index is 2.91. The molecular formula is C13H12FNO2. The number of carboxylic acids is 1. The van der Waals surface area contributed by atoms with E-state index < -0.39 is 11.8 Å². The van der Waals surface area contributed by atoms with Crippen molar-refractivity contribution in [3.05, 3.63) is 40.8 Å². The molecule has 88 valence electrons. The predicted octanol–water partition coefficient (Wildman–Crippen LogP) is 2.94. The van der Waals surface area contributed by atoms with Crippen LogP contribution in [0.5, 0.6) is 0 Å². The van der Waals surface area contributed by atoms with Gasteiger partial charge in [0.05, 0.1) is 11.1 Å². The summed E-state index contributed by atoms with van der Waals surface area (Å²) >= 11 is 0. The zero-order chi connectivity index (χ0) is 12.6. The summed E-state index contributed by atoms with van der Waals surface area (Å²) in [5.41, 5.74) is 1.95. The van der Waals surface area contributed by atoms with Crippen molar-refractivity contribution >= 4 is 16.9 Å². The van der Waals surface area contributed by atoms with Crippen LogP contribution in [0.1, 0.15) is 28.5 Å². The number of carbonyl (C=O) groups is 1. The fourth-order valence-electron chi connectivity index (χ4n) is 2.00. The van der Waals surface area contributed by atoms with Crippen molar-refractivity contribution in [3.8, 4) is 0 Å². The van der Waals surface area contributed by atoms with Gasteiger partial charge >= 0.3 is 5.97 Å². The first-order chi connectivity index (χ1) is 8.04. The van der Waals surface area contributed by atoms with Crippen molar-refractivity contribution in [3.63, 3.8) is 0 Å². The summed E-state index contributed by atoms with van der Waals surface area (Å²) in [6.07, 6.45) is 0.624. The number of aryl methyl sites for hydroxylation is 1. The number of carboxylic acid groups (broad SMARTS) is 1. The molecule has 0 saturated carbocycles. The predicted molar refractivity (Wildman–Crippen MR) is 62.8 cm³/mol. The number of rotatable bonds is 2. The minimum absolute atomic E-state index is 0.215. The van der Waals surface area contributed by atoms with E-state index in [0.717, 1.165) is 0 Å². The molecule has 1 aromatic carbocycles. The number of hydrogen-bond acceptors (Lipinski definition) is 2. The zero-order valence-electron chi connectivity index (χ0n) is 9.62. The molecule has 0 spiro atoms. The molecule has 2 aromatic rings. The highest BCUT2D eigenvalue weighted by molar-refractivity contribution is 6.04. The van der Waals surface area contributed by atoms with E-state index in [1.54, 1.807) is 6.92 Å². The number of halogens is 1. The number of aromatic carboxylic acids is 1. The van der Waals surface area contributed by atoms with E-state index in [0.29, 0.717) is 28.6 Å². The molecule has 0 bridgehead atoms. The van der Waals surface area contributed by atoms with Gasteiger partial charge in [-0.2, -0.15) is 0 Å². The summed E-state index contributed by atoms with van der Waals surface area (Å²) in [5, 5.41) is 9.71. The molecule has 4 heteroatoms. The van der Waals surface area contributed by atoms with Crippen molar-refractivity contribution < 1.29 is 14.3 Å². The Kier molecular flexibility index (Phi) is 2.79. The zero-order valence-corrected chi connectivity index (χ0v) is 9.62. The van der Waals surface area contributed by atoms with Gasteiger partial charge in [-0.25, -0.2) is 9.18 Å². The molecule has 0 saturated heterocycles. The number of benzene rings is 1. The van der Waals surface area contributed by atoms with Gasteiger partial charge in [0.15, 0.2) is 0 Å². The lowest BCUT2D eigenvalue weighted by molar-refractivity contribution is 0.0698. The second-order valence-corrected chi connectivity index (χ2v) is 3.88. The second kappa shape index (κ2) is 4.13. The fourth-order valence-corrected chi connectivity index (χ4v) is 2.00. The Morgan fingerprint density at radius 1 is 1.47 bits per heavy atom. The number of aromatic nitrogens is 1.